The number of unbranched alkanes of at least 4 members (excludes halogenated alkanes) is 1. The van der Waals surface area contributed by atoms with Gasteiger partial charge in [0.25, 0.3) is 0 Å². The first kappa shape index (κ1) is 15.4. The van der Waals surface area contributed by atoms with E-state index in [0.717, 1.165) is 25.9 Å². The zero-order chi connectivity index (χ0) is 12.4. The van der Waals surface area contributed by atoms with Crippen LogP contribution in [0, 0.1) is 11.3 Å². The van der Waals surface area contributed by atoms with E-state index in [2.05, 4.69) is 30.1 Å². The number of nitrogens with zero attached hydrogens (tertiary/aromatic N) is 2. The van der Waals surface area contributed by atoms with Gasteiger partial charge in [0.1, 0.15) is 5.54 Å². The van der Waals surface area contributed by atoms with Gasteiger partial charge in [-0.3, -0.25) is 0 Å². The monoisotopic (exact) mass is 225 g/mol. The summed E-state index contributed by atoms with van der Waals surface area (Å²) in [5, 5.41) is 12.1. The fourth-order valence-electron chi connectivity index (χ4n) is 1.80. The second-order valence-corrected chi connectivity index (χ2v) is 4.59. The quantitative estimate of drug-likeness (QED) is 0.612. The molecule has 0 aromatic carbocycles. The third-order valence-corrected chi connectivity index (χ3v) is 3.19. The Kier molecular flexibility index (Phi) is 8.23. The van der Waals surface area contributed by atoms with Crippen molar-refractivity contribution in [3.63, 3.8) is 0 Å². The van der Waals surface area contributed by atoms with Crippen molar-refractivity contribution in [1.29, 1.82) is 5.26 Å². The minimum atomic E-state index is -0.345. The average Bonchev–Trinajstić information content (AvgIpc) is 2.32. The van der Waals surface area contributed by atoms with Gasteiger partial charge in [-0.2, -0.15) is 5.26 Å². The lowest BCUT2D eigenvalue weighted by Gasteiger charge is -2.22. The van der Waals surface area contributed by atoms with Gasteiger partial charge in [0.05, 0.1) is 6.07 Å². The summed E-state index contributed by atoms with van der Waals surface area (Å²) in [5.41, 5.74) is -0.345. The Morgan fingerprint density at radius 2 is 1.94 bits per heavy atom. The van der Waals surface area contributed by atoms with E-state index < -0.39 is 0 Å². The summed E-state index contributed by atoms with van der Waals surface area (Å²) >= 11 is 0. The van der Waals surface area contributed by atoms with Crippen LogP contribution in [0.1, 0.15) is 46.5 Å². The van der Waals surface area contributed by atoms with Crippen LogP contribution in [-0.2, 0) is 0 Å². The lowest BCUT2D eigenvalue weighted by Crippen LogP contribution is -2.38. The third kappa shape index (κ3) is 6.09. The van der Waals surface area contributed by atoms with Crippen molar-refractivity contribution < 1.29 is 0 Å². The lowest BCUT2D eigenvalue weighted by atomic mass is 9.97. The molecule has 3 heteroatoms. The average molecular weight is 225 g/mol. The molecule has 1 unspecified atom stereocenters. The van der Waals surface area contributed by atoms with Crippen molar-refractivity contribution in [2.45, 2.75) is 52.0 Å². The van der Waals surface area contributed by atoms with Crippen molar-refractivity contribution >= 4 is 0 Å². The van der Waals surface area contributed by atoms with Crippen LogP contribution in [-0.4, -0.2) is 37.1 Å². The van der Waals surface area contributed by atoms with E-state index >= 15 is 0 Å². The first-order valence-corrected chi connectivity index (χ1v) is 6.44. The SMILES string of the molecule is CCCN(CC)CCCCC(C)(C#N)NC. The molecule has 3 nitrogen and oxygen atoms in total. The molecular formula is C13H27N3. The molecule has 0 aliphatic heterocycles. The van der Waals surface area contributed by atoms with E-state index in [1.54, 1.807) is 0 Å². The van der Waals surface area contributed by atoms with Crippen molar-refractivity contribution in [2.24, 2.45) is 0 Å². The summed E-state index contributed by atoms with van der Waals surface area (Å²) in [7, 11) is 1.86. The fraction of sp³-hybridized carbons (Fsp3) is 0.923. The van der Waals surface area contributed by atoms with Crippen LogP contribution in [0.15, 0.2) is 0 Å². The molecule has 0 fully saturated rings. The van der Waals surface area contributed by atoms with Crippen LogP contribution in [0.2, 0.25) is 0 Å². The van der Waals surface area contributed by atoms with Crippen LogP contribution in [0.4, 0.5) is 0 Å². The van der Waals surface area contributed by atoms with Gasteiger partial charge < -0.3 is 10.2 Å². The molecule has 16 heavy (non-hydrogen) atoms. The lowest BCUT2D eigenvalue weighted by molar-refractivity contribution is 0.277. The zero-order valence-electron chi connectivity index (χ0n) is 11.3. The maximum Gasteiger partial charge on any atom is 0.103 e. The Morgan fingerprint density at radius 1 is 1.25 bits per heavy atom. The van der Waals surface area contributed by atoms with Crippen LogP contribution in [0.25, 0.3) is 0 Å². The van der Waals surface area contributed by atoms with Gasteiger partial charge in [0, 0.05) is 0 Å². The highest BCUT2D eigenvalue weighted by Gasteiger charge is 2.19. The van der Waals surface area contributed by atoms with E-state index in [9.17, 15) is 0 Å². The number of nitriles is 1. The van der Waals surface area contributed by atoms with Crippen LogP contribution in [0.3, 0.4) is 0 Å². The Balaban J connectivity index is 3.70. The second-order valence-electron chi connectivity index (χ2n) is 4.59. The molecule has 0 rings (SSSR count). The number of rotatable bonds is 9. The van der Waals surface area contributed by atoms with Crippen LogP contribution < -0.4 is 5.32 Å². The molecule has 94 valence electrons. The Labute approximate surface area is 101 Å². The topological polar surface area (TPSA) is 39.1 Å². The molecule has 1 atom stereocenters. The molecule has 0 bridgehead atoms. The first-order chi connectivity index (χ1) is 7.61. The number of hydrogen-bond donors (Lipinski definition) is 1. The molecule has 0 amide bonds. The smallest absolute Gasteiger partial charge is 0.103 e. The molecule has 0 aliphatic carbocycles. The summed E-state index contributed by atoms with van der Waals surface area (Å²) in [6.07, 6.45) is 4.46. The highest BCUT2D eigenvalue weighted by atomic mass is 15.1. The normalized spacial score (nSPS) is 14.8. The molecule has 0 radical (unpaired) electrons. The summed E-state index contributed by atoms with van der Waals surface area (Å²) < 4.78 is 0. The van der Waals surface area contributed by atoms with E-state index in [1.807, 2.05) is 14.0 Å². The highest BCUT2D eigenvalue weighted by molar-refractivity contribution is 5.02. The maximum absolute atomic E-state index is 9.00. The van der Waals surface area contributed by atoms with Gasteiger partial charge in [-0.1, -0.05) is 13.8 Å². The van der Waals surface area contributed by atoms with Crippen molar-refractivity contribution in [3.8, 4) is 6.07 Å². The Morgan fingerprint density at radius 3 is 2.38 bits per heavy atom. The summed E-state index contributed by atoms with van der Waals surface area (Å²) in [4.78, 5) is 2.48. The van der Waals surface area contributed by atoms with Crippen molar-refractivity contribution in [1.82, 2.24) is 10.2 Å². The Hall–Kier alpha value is -0.590. The molecule has 0 aromatic rings. The van der Waals surface area contributed by atoms with E-state index in [4.69, 9.17) is 5.26 Å². The molecule has 0 aromatic heterocycles. The van der Waals surface area contributed by atoms with Gasteiger partial charge in [-0.15, -0.1) is 0 Å². The minimum Gasteiger partial charge on any atom is -0.304 e. The zero-order valence-corrected chi connectivity index (χ0v) is 11.3. The van der Waals surface area contributed by atoms with Crippen molar-refractivity contribution in [2.75, 3.05) is 26.7 Å². The van der Waals surface area contributed by atoms with Gasteiger partial charge in [0.2, 0.25) is 0 Å². The summed E-state index contributed by atoms with van der Waals surface area (Å²) in [6, 6.07) is 2.33. The first-order valence-electron chi connectivity index (χ1n) is 6.44. The third-order valence-electron chi connectivity index (χ3n) is 3.19. The van der Waals surface area contributed by atoms with Gasteiger partial charge in [-0.05, 0) is 59.3 Å². The molecule has 0 aliphatic rings. The van der Waals surface area contributed by atoms with E-state index in [-0.39, 0.29) is 5.54 Å². The largest absolute Gasteiger partial charge is 0.304 e. The molecule has 0 saturated carbocycles. The van der Waals surface area contributed by atoms with E-state index in [0.29, 0.717) is 0 Å². The molecule has 0 spiro atoms. The fourth-order valence-corrected chi connectivity index (χ4v) is 1.80. The standard InChI is InChI=1S/C13H27N3/c1-5-10-16(6-2)11-8-7-9-13(3,12-14)15-4/h15H,5-11H2,1-4H3. The molecule has 0 heterocycles. The van der Waals surface area contributed by atoms with Crippen LogP contribution >= 0.6 is 0 Å². The minimum absolute atomic E-state index is 0.345. The Bertz CT molecular complexity index is 210. The van der Waals surface area contributed by atoms with Gasteiger partial charge in [-0.25, -0.2) is 0 Å². The maximum atomic E-state index is 9.00. The number of hydrogen-bond acceptors (Lipinski definition) is 3. The predicted molar refractivity (Wildman–Crippen MR) is 69.3 cm³/mol. The predicted octanol–water partition coefficient (Wildman–Crippen LogP) is 2.39. The molecular weight excluding hydrogens is 198 g/mol. The van der Waals surface area contributed by atoms with Crippen LogP contribution in [0.5, 0.6) is 0 Å². The highest BCUT2D eigenvalue weighted by Crippen LogP contribution is 2.12. The molecule has 1 N–H and O–H groups in total. The van der Waals surface area contributed by atoms with Gasteiger partial charge in [0.15, 0.2) is 0 Å². The number of nitrogens with one attached hydrogen (secondary N) is 1. The van der Waals surface area contributed by atoms with Crippen molar-refractivity contribution in [3.05, 3.63) is 0 Å². The summed E-state index contributed by atoms with van der Waals surface area (Å²) in [6.45, 7) is 9.89. The van der Waals surface area contributed by atoms with Gasteiger partial charge >= 0.3 is 0 Å². The van der Waals surface area contributed by atoms with E-state index in [1.165, 1.54) is 19.4 Å². The summed E-state index contributed by atoms with van der Waals surface area (Å²) in [5.74, 6) is 0. The second kappa shape index (κ2) is 8.55. The molecule has 0 saturated heterocycles.